The Morgan fingerprint density at radius 3 is 2.65 bits per heavy atom. The zero-order chi connectivity index (χ0) is 16.2. The lowest BCUT2D eigenvalue weighted by molar-refractivity contribution is 0.0949. The van der Waals surface area contributed by atoms with Gasteiger partial charge in [0.1, 0.15) is 5.82 Å². The molecule has 23 heavy (non-hydrogen) atoms. The molecule has 116 valence electrons. The predicted molar refractivity (Wildman–Crippen MR) is 85.9 cm³/mol. The number of amides is 1. The second-order valence-electron chi connectivity index (χ2n) is 5.03. The fraction of sp³-hybridized carbons (Fsp3) is 0.111. The van der Waals surface area contributed by atoms with Crippen molar-refractivity contribution >= 4 is 16.8 Å². The summed E-state index contributed by atoms with van der Waals surface area (Å²) in [5, 5.41) is 3.56. The molecule has 0 aliphatic carbocycles. The Bertz CT molecular complexity index is 847. The number of fused-ring (bicyclic) bond motifs is 1. The van der Waals surface area contributed by atoms with E-state index >= 15 is 0 Å². The summed E-state index contributed by atoms with van der Waals surface area (Å²) in [7, 11) is 1.50. The average Bonchev–Trinajstić information content (AvgIpc) is 2.60. The zero-order valence-corrected chi connectivity index (χ0v) is 12.5. The number of carbonyl (C=O) groups is 1. The van der Waals surface area contributed by atoms with Gasteiger partial charge in [0.15, 0.2) is 5.75 Å². The van der Waals surface area contributed by atoms with Crippen LogP contribution >= 0.6 is 0 Å². The summed E-state index contributed by atoms with van der Waals surface area (Å²) in [5.41, 5.74) is 1.98. The molecule has 1 aromatic heterocycles. The quantitative estimate of drug-likeness (QED) is 0.804. The van der Waals surface area contributed by atoms with Gasteiger partial charge in [0.25, 0.3) is 5.91 Å². The maximum atomic E-state index is 12.9. The van der Waals surface area contributed by atoms with Crippen LogP contribution in [-0.2, 0) is 6.54 Å². The van der Waals surface area contributed by atoms with Crippen molar-refractivity contribution in [3.8, 4) is 5.75 Å². The van der Waals surface area contributed by atoms with E-state index in [1.165, 1.54) is 25.4 Å². The van der Waals surface area contributed by atoms with Gasteiger partial charge in [-0.1, -0.05) is 30.3 Å². The van der Waals surface area contributed by atoms with E-state index in [-0.39, 0.29) is 11.7 Å². The summed E-state index contributed by atoms with van der Waals surface area (Å²) in [6, 6.07) is 13.4. The van der Waals surface area contributed by atoms with Gasteiger partial charge < -0.3 is 10.1 Å². The van der Waals surface area contributed by atoms with Crippen LogP contribution in [0.5, 0.6) is 5.75 Å². The normalized spacial score (nSPS) is 10.5. The third-order valence-corrected chi connectivity index (χ3v) is 3.55. The smallest absolute Gasteiger partial charge is 0.256 e. The fourth-order valence-corrected chi connectivity index (χ4v) is 2.39. The van der Waals surface area contributed by atoms with Crippen LogP contribution in [0, 0.1) is 5.82 Å². The van der Waals surface area contributed by atoms with Crippen LogP contribution in [0.3, 0.4) is 0 Å². The van der Waals surface area contributed by atoms with E-state index < -0.39 is 0 Å². The number of aromatic nitrogens is 1. The van der Waals surface area contributed by atoms with Crippen molar-refractivity contribution < 1.29 is 13.9 Å². The minimum absolute atomic E-state index is 0.259. The Hall–Kier alpha value is -2.95. The van der Waals surface area contributed by atoms with Gasteiger partial charge in [-0.25, -0.2) is 4.39 Å². The molecule has 0 aliphatic heterocycles. The first kappa shape index (κ1) is 15.0. The zero-order valence-electron chi connectivity index (χ0n) is 12.5. The molecule has 3 rings (SSSR count). The lowest BCUT2D eigenvalue weighted by atomic mass is 10.1. The lowest BCUT2D eigenvalue weighted by Crippen LogP contribution is -2.23. The van der Waals surface area contributed by atoms with Crippen molar-refractivity contribution in [1.29, 1.82) is 0 Å². The van der Waals surface area contributed by atoms with Gasteiger partial charge in [0.2, 0.25) is 0 Å². The topological polar surface area (TPSA) is 51.2 Å². The van der Waals surface area contributed by atoms with Crippen LogP contribution in [0.2, 0.25) is 0 Å². The van der Waals surface area contributed by atoms with Gasteiger partial charge >= 0.3 is 0 Å². The second-order valence-corrected chi connectivity index (χ2v) is 5.03. The first-order valence-electron chi connectivity index (χ1n) is 7.13. The number of benzene rings is 2. The molecule has 1 N–H and O–H groups in total. The molecule has 0 saturated carbocycles. The molecule has 0 bridgehead atoms. The molecule has 0 unspecified atom stereocenters. The number of rotatable bonds is 4. The Kier molecular flexibility index (Phi) is 4.19. The molecule has 0 atom stereocenters. The number of hydrogen-bond acceptors (Lipinski definition) is 3. The number of methoxy groups -OCH3 is 1. The molecule has 1 amide bonds. The van der Waals surface area contributed by atoms with E-state index in [4.69, 9.17) is 4.74 Å². The van der Waals surface area contributed by atoms with E-state index in [0.717, 1.165) is 16.5 Å². The summed E-state index contributed by atoms with van der Waals surface area (Å²) >= 11 is 0. The molecule has 0 fully saturated rings. The SMILES string of the molecule is COc1cnc2ccccc2c1C(=O)NCc1ccc(F)cc1. The number of pyridine rings is 1. The number of para-hydroxylation sites is 1. The minimum Gasteiger partial charge on any atom is -0.494 e. The van der Waals surface area contributed by atoms with Gasteiger partial charge in [-0.05, 0) is 23.8 Å². The molecular weight excluding hydrogens is 295 g/mol. The summed E-state index contributed by atoms with van der Waals surface area (Å²) in [6.07, 6.45) is 1.54. The van der Waals surface area contributed by atoms with Crippen LogP contribution in [0.15, 0.2) is 54.7 Å². The highest BCUT2D eigenvalue weighted by Crippen LogP contribution is 2.25. The van der Waals surface area contributed by atoms with Crippen molar-refractivity contribution in [1.82, 2.24) is 10.3 Å². The van der Waals surface area contributed by atoms with Crippen molar-refractivity contribution in [2.45, 2.75) is 6.54 Å². The Balaban J connectivity index is 1.89. The minimum atomic E-state index is -0.304. The van der Waals surface area contributed by atoms with E-state index in [0.29, 0.717) is 17.9 Å². The van der Waals surface area contributed by atoms with Crippen molar-refractivity contribution in [2.24, 2.45) is 0 Å². The number of ether oxygens (including phenoxy) is 1. The summed E-state index contributed by atoms with van der Waals surface area (Å²) in [6.45, 7) is 0.304. The molecule has 5 heteroatoms. The van der Waals surface area contributed by atoms with Gasteiger partial charge in [0, 0.05) is 11.9 Å². The highest BCUT2D eigenvalue weighted by atomic mass is 19.1. The van der Waals surface area contributed by atoms with Gasteiger partial charge in [-0.3, -0.25) is 9.78 Å². The highest BCUT2D eigenvalue weighted by Gasteiger charge is 2.16. The molecule has 0 spiro atoms. The Labute approximate surface area is 132 Å². The Morgan fingerprint density at radius 1 is 1.17 bits per heavy atom. The first-order chi connectivity index (χ1) is 11.2. The molecular formula is C18H15FN2O2. The molecule has 0 saturated heterocycles. The number of carbonyl (C=O) groups excluding carboxylic acids is 1. The molecule has 1 heterocycles. The van der Waals surface area contributed by atoms with E-state index in [9.17, 15) is 9.18 Å². The molecule has 2 aromatic carbocycles. The fourth-order valence-electron chi connectivity index (χ4n) is 2.39. The van der Waals surface area contributed by atoms with E-state index in [1.54, 1.807) is 12.1 Å². The summed E-state index contributed by atoms with van der Waals surface area (Å²) in [5.74, 6) is -0.146. The van der Waals surface area contributed by atoms with Gasteiger partial charge in [0.05, 0.1) is 24.4 Å². The number of nitrogens with zero attached hydrogens (tertiary/aromatic N) is 1. The van der Waals surface area contributed by atoms with E-state index in [2.05, 4.69) is 10.3 Å². The number of nitrogens with one attached hydrogen (secondary N) is 1. The Morgan fingerprint density at radius 2 is 1.91 bits per heavy atom. The molecule has 0 aliphatic rings. The average molecular weight is 310 g/mol. The van der Waals surface area contributed by atoms with Crippen molar-refractivity contribution in [3.63, 3.8) is 0 Å². The van der Waals surface area contributed by atoms with Gasteiger partial charge in [-0.2, -0.15) is 0 Å². The predicted octanol–water partition coefficient (Wildman–Crippen LogP) is 3.31. The van der Waals surface area contributed by atoms with E-state index in [1.807, 2.05) is 24.3 Å². The maximum absolute atomic E-state index is 12.9. The maximum Gasteiger partial charge on any atom is 0.256 e. The molecule has 0 radical (unpaired) electrons. The van der Waals surface area contributed by atoms with Crippen LogP contribution < -0.4 is 10.1 Å². The van der Waals surface area contributed by atoms with Crippen LogP contribution in [-0.4, -0.2) is 18.0 Å². The monoisotopic (exact) mass is 310 g/mol. The van der Waals surface area contributed by atoms with Gasteiger partial charge in [-0.15, -0.1) is 0 Å². The standard InChI is InChI=1S/C18H15FN2O2/c1-23-16-11-20-15-5-3-2-4-14(15)17(16)18(22)21-10-12-6-8-13(19)9-7-12/h2-9,11H,10H2,1H3,(H,21,22). The third kappa shape index (κ3) is 3.13. The molecule has 4 nitrogen and oxygen atoms in total. The highest BCUT2D eigenvalue weighted by molar-refractivity contribution is 6.08. The largest absolute Gasteiger partial charge is 0.494 e. The lowest BCUT2D eigenvalue weighted by Gasteiger charge is -2.12. The molecule has 3 aromatic rings. The number of hydrogen-bond donors (Lipinski definition) is 1. The summed E-state index contributed by atoms with van der Waals surface area (Å²) in [4.78, 5) is 16.9. The van der Waals surface area contributed by atoms with Crippen LogP contribution in [0.25, 0.3) is 10.9 Å². The van der Waals surface area contributed by atoms with Crippen LogP contribution in [0.1, 0.15) is 15.9 Å². The summed E-state index contributed by atoms with van der Waals surface area (Å²) < 4.78 is 18.2. The van der Waals surface area contributed by atoms with Crippen molar-refractivity contribution in [3.05, 3.63) is 71.7 Å². The van der Waals surface area contributed by atoms with Crippen molar-refractivity contribution in [2.75, 3.05) is 7.11 Å². The van der Waals surface area contributed by atoms with Crippen LogP contribution in [0.4, 0.5) is 4.39 Å². The third-order valence-electron chi connectivity index (χ3n) is 3.55. The number of halogens is 1. The second kappa shape index (κ2) is 6.44. The first-order valence-corrected chi connectivity index (χ1v) is 7.13.